The van der Waals surface area contributed by atoms with Gasteiger partial charge in [0.25, 0.3) is 12.3 Å². The van der Waals surface area contributed by atoms with Crippen molar-refractivity contribution >= 4 is 0 Å². The van der Waals surface area contributed by atoms with E-state index in [9.17, 15) is 0 Å². The van der Waals surface area contributed by atoms with Crippen molar-refractivity contribution in [2.24, 2.45) is 0 Å². The maximum atomic E-state index is 6.54. The minimum Gasteiger partial charge on any atom is -0.296 e. The summed E-state index contributed by atoms with van der Waals surface area (Å²) in [5.41, 5.74) is 0. The largest absolute Gasteiger partial charge is 0.296 e. The third-order valence-electron chi connectivity index (χ3n) is 0.870. The zero-order chi connectivity index (χ0) is 7.28. The average molecular weight is 513 g/mol. The Bertz CT molecular complexity index is 140. The SMILES string of the molecule is [C-]#[N+]C(C)NC(C)[N+]#[C-].[Pt].[Pt]. The predicted octanol–water partition coefficient (Wildman–Crippen LogP) is 1.10. The molecule has 68 valence electrons. The van der Waals surface area contributed by atoms with Crippen LogP contribution in [0.3, 0.4) is 0 Å². The maximum Gasteiger partial charge on any atom is 0.280 e. The molecule has 2 atom stereocenters. The van der Waals surface area contributed by atoms with Crippen LogP contribution in [-0.4, -0.2) is 12.3 Å². The van der Waals surface area contributed by atoms with Crippen molar-refractivity contribution in [2.75, 3.05) is 0 Å². The fourth-order valence-electron chi connectivity index (χ4n) is 0.424. The van der Waals surface area contributed by atoms with E-state index in [2.05, 4.69) is 15.0 Å². The van der Waals surface area contributed by atoms with Gasteiger partial charge >= 0.3 is 0 Å². The molecule has 0 bridgehead atoms. The van der Waals surface area contributed by atoms with Gasteiger partial charge in [-0.25, -0.2) is 13.1 Å². The van der Waals surface area contributed by atoms with Crippen LogP contribution in [0.15, 0.2) is 0 Å². The molecule has 0 amide bonds. The van der Waals surface area contributed by atoms with Crippen molar-refractivity contribution in [1.82, 2.24) is 5.32 Å². The first-order valence-electron chi connectivity index (χ1n) is 2.70. The van der Waals surface area contributed by atoms with Crippen molar-refractivity contribution in [3.05, 3.63) is 22.8 Å². The van der Waals surface area contributed by atoms with E-state index >= 15 is 0 Å². The number of nitrogens with zero attached hydrogens (tertiary/aromatic N) is 2. The van der Waals surface area contributed by atoms with Crippen molar-refractivity contribution < 1.29 is 42.1 Å². The van der Waals surface area contributed by atoms with Gasteiger partial charge in [-0.3, -0.25) is 9.69 Å². The van der Waals surface area contributed by atoms with Crippen LogP contribution < -0.4 is 5.32 Å². The van der Waals surface area contributed by atoms with Crippen LogP contribution in [0.4, 0.5) is 0 Å². The normalized spacial score (nSPS) is 12.4. The second-order valence-electron chi connectivity index (χ2n) is 1.78. The molecule has 0 aliphatic rings. The number of nitrogens with one attached hydrogen (secondary N) is 1. The summed E-state index contributed by atoms with van der Waals surface area (Å²) in [6, 6.07) is 0. The summed E-state index contributed by atoms with van der Waals surface area (Å²) in [4.78, 5) is 6.34. The topological polar surface area (TPSA) is 20.8 Å². The molecular weight excluding hydrogens is 504 g/mol. The van der Waals surface area contributed by atoms with Crippen LogP contribution in [0.2, 0.25) is 0 Å². The van der Waals surface area contributed by atoms with Crippen molar-refractivity contribution in [3.63, 3.8) is 0 Å². The minimum absolute atomic E-state index is 0. The Balaban J connectivity index is -0.000000320. The van der Waals surface area contributed by atoms with Crippen LogP contribution in [0.1, 0.15) is 13.8 Å². The van der Waals surface area contributed by atoms with E-state index in [1.165, 1.54) is 0 Å². The molecule has 1 N–H and O–H groups in total. The van der Waals surface area contributed by atoms with Crippen molar-refractivity contribution in [3.8, 4) is 0 Å². The van der Waals surface area contributed by atoms with Crippen LogP contribution >= 0.6 is 0 Å². The average Bonchev–Trinajstić information content (AvgIpc) is 1.87. The Labute approximate surface area is 96.1 Å². The molecule has 5 heteroatoms. The van der Waals surface area contributed by atoms with Crippen LogP contribution in [0, 0.1) is 13.1 Å². The number of hydrogen-bond acceptors (Lipinski definition) is 1. The van der Waals surface area contributed by atoms with Gasteiger partial charge in [0.1, 0.15) is 0 Å². The van der Waals surface area contributed by atoms with Gasteiger partial charge in [-0.1, -0.05) is 0 Å². The van der Waals surface area contributed by atoms with E-state index in [1.807, 2.05) is 0 Å². The van der Waals surface area contributed by atoms with Gasteiger partial charge in [0.2, 0.25) is 0 Å². The molecule has 0 spiro atoms. The van der Waals surface area contributed by atoms with Crippen LogP contribution in [0.25, 0.3) is 9.69 Å². The Morgan fingerprint density at radius 1 is 1.00 bits per heavy atom. The second kappa shape index (κ2) is 10.3. The molecule has 0 radical (unpaired) electrons. The van der Waals surface area contributed by atoms with E-state index < -0.39 is 0 Å². The van der Waals surface area contributed by atoms with Gasteiger partial charge in [0.15, 0.2) is 0 Å². The quantitative estimate of drug-likeness (QED) is 0.549. The summed E-state index contributed by atoms with van der Waals surface area (Å²) in [7, 11) is 0. The molecule has 0 aromatic rings. The summed E-state index contributed by atoms with van der Waals surface area (Å²) >= 11 is 0. The minimum atomic E-state index is -0.242. The molecule has 0 aliphatic carbocycles. The second-order valence-corrected chi connectivity index (χ2v) is 1.78. The summed E-state index contributed by atoms with van der Waals surface area (Å²) in [5, 5.41) is 2.77. The third-order valence-corrected chi connectivity index (χ3v) is 0.870. The van der Waals surface area contributed by atoms with Gasteiger partial charge < -0.3 is 0 Å². The zero-order valence-electron chi connectivity index (χ0n) is 6.18. The smallest absolute Gasteiger partial charge is 0.280 e. The molecule has 0 rings (SSSR count). The molecule has 0 saturated carbocycles. The van der Waals surface area contributed by atoms with Crippen LogP contribution in [-0.2, 0) is 42.1 Å². The van der Waals surface area contributed by atoms with Gasteiger partial charge in [-0.2, -0.15) is 5.32 Å². The first-order chi connectivity index (χ1) is 4.20. The summed E-state index contributed by atoms with van der Waals surface area (Å²) in [6.45, 7) is 16.5. The monoisotopic (exact) mass is 513 g/mol. The van der Waals surface area contributed by atoms with Gasteiger partial charge in [-0.05, 0) is 0 Å². The van der Waals surface area contributed by atoms with Crippen molar-refractivity contribution in [2.45, 2.75) is 26.2 Å². The Morgan fingerprint density at radius 3 is 1.45 bits per heavy atom. The van der Waals surface area contributed by atoms with E-state index in [1.54, 1.807) is 13.8 Å². The Morgan fingerprint density at radius 2 is 1.27 bits per heavy atom. The molecule has 0 heterocycles. The molecule has 0 saturated heterocycles. The predicted molar refractivity (Wildman–Crippen MR) is 35.3 cm³/mol. The first-order valence-corrected chi connectivity index (χ1v) is 2.70. The summed E-state index contributed by atoms with van der Waals surface area (Å²) in [6.07, 6.45) is -0.483. The molecule has 0 fully saturated rings. The molecule has 0 aromatic carbocycles. The van der Waals surface area contributed by atoms with Gasteiger partial charge in [0, 0.05) is 56.0 Å². The zero-order valence-corrected chi connectivity index (χ0v) is 10.7. The molecule has 11 heavy (non-hydrogen) atoms. The number of hydrogen-bond donors (Lipinski definition) is 1. The van der Waals surface area contributed by atoms with E-state index in [0.29, 0.717) is 0 Å². The first kappa shape index (κ1) is 17.4. The third kappa shape index (κ3) is 10.3. The standard InChI is InChI=1S/C6H9N3.2Pt/c1-5(7-3)9-6(2)8-4;;/h5-6,9H,1-2H3;;. The maximum absolute atomic E-state index is 6.54. The molecule has 0 aromatic heterocycles. The molecular formula is C6H9N3Pt2. The number of rotatable bonds is 2. The van der Waals surface area contributed by atoms with E-state index in [0.717, 1.165) is 0 Å². The molecule has 2 unspecified atom stereocenters. The summed E-state index contributed by atoms with van der Waals surface area (Å²) < 4.78 is 0. The van der Waals surface area contributed by atoms with Gasteiger partial charge in [0.05, 0.1) is 0 Å². The Kier molecular flexibility index (Phi) is 16.3. The van der Waals surface area contributed by atoms with Crippen molar-refractivity contribution in [1.29, 1.82) is 0 Å². The fourth-order valence-corrected chi connectivity index (χ4v) is 0.424. The Hall–Kier alpha value is 0.317. The van der Waals surface area contributed by atoms with Crippen LogP contribution in [0.5, 0.6) is 0 Å². The summed E-state index contributed by atoms with van der Waals surface area (Å²) in [5.74, 6) is 0. The molecule has 3 nitrogen and oxygen atoms in total. The fraction of sp³-hybridized carbons (Fsp3) is 0.667. The van der Waals surface area contributed by atoms with E-state index in [4.69, 9.17) is 13.1 Å². The molecule has 0 aliphatic heterocycles. The van der Waals surface area contributed by atoms with E-state index in [-0.39, 0.29) is 54.5 Å². The van der Waals surface area contributed by atoms with Gasteiger partial charge in [-0.15, -0.1) is 0 Å².